The Hall–Kier alpha value is -3.16. The maximum atomic E-state index is 13.3. The normalized spacial score (nSPS) is 18.1. The molecule has 194 valence electrons. The van der Waals surface area contributed by atoms with Crippen molar-refractivity contribution in [3.8, 4) is 0 Å². The van der Waals surface area contributed by atoms with Gasteiger partial charge < -0.3 is 24.4 Å². The third-order valence-electron chi connectivity index (χ3n) is 6.28. The second kappa shape index (κ2) is 9.71. The smallest absolute Gasteiger partial charge is 0.450 e. The van der Waals surface area contributed by atoms with Crippen LogP contribution in [0, 0.1) is 0 Å². The minimum atomic E-state index is -4.55. The quantitative estimate of drug-likeness (QED) is 0.522. The number of hydrogen-bond donors (Lipinski definition) is 1. The van der Waals surface area contributed by atoms with Crippen LogP contribution in [0.15, 0.2) is 6.07 Å². The number of thiophene rings is 1. The molecule has 3 aromatic rings. The molecule has 1 atom stereocenters. The Morgan fingerprint density at radius 1 is 1.19 bits per heavy atom. The molecule has 0 saturated carbocycles. The molecule has 0 bridgehead atoms. The number of aromatic nitrogens is 5. The van der Waals surface area contributed by atoms with E-state index in [9.17, 15) is 18.0 Å². The molecular weight excluding hydrogens is 497 g/mol. The van der Waals surface area contributed by atoms with E-state index in [0.29, 0.717) is 38.0 Å². The first-order valence-corrected chi connectivity index (χ1v) is 12.8. The van der Waals surface area contributed by atoms with Crippen LogP contribution in [-0.4, -0.2) is 63.1 Å². The van der Waals surface area contributed by atoms with Crippen molar-refractivity contribution in [2.45, 2.75) is 58.4 Å². The molecule has 5 heterocycles. The van der Waals surface area contributed by atoms with Gasteiger partial charge in [0.2, 0.25) is 11.8 Å². The van der Waals surface area contributed by atoms with E-state index in [-0.39, 0.29) is 25.0 Å². The van der Waals surface area contributed by atoms with E-state index in [1.165, 1.54) is 4.88 Å². The molecule has 1 saturated heterocycles. The van der Waals surface area contributed by atoms with E-state index in [0.717, 1.165) is 34.0 Å². The SMILES string of the molecule is CCCc1cc2c(N3CCn4c(nnc4C(F)(F)F)C3)nc(N3CCC(NC(=O)OCC)C3)nc2s1. The van der Waals surface area contributed by atoms with E-state index in [4.69, 9.17) is 14.7 Å². The van der Waals surface area contributed by atoms with Crippen LogP contribution in [-0.2, 0) is 30.4 Å². The van der Waals surface area contributed by atoms with Crippen LogP contribution in [0.25, 0.3) is 10.2 Å². The summed E-state index contributed by atoms with van der Waals surface area (Å²) in [7, 11) is 0. The van der Waals surface area contributed by atoms with Gasteiger partial charge in [-0.05, 0) is 25.8 Å². The minimum Gasteiger partial charge on any atom is -0.450 e. The number of fused-ring (bicyclic) bond motifs is 2. The Bertz CT molecular complexity index is 1260. The Balaban J connectivity index is 1.45. The fourth-order valence-electron chi connectivity index (χ4n) is 4.64. The zero-order chi connectivity index (χ0) is 25.4. The first kappa shape index (κ1) is 24.5. The Morgan fingerprint density at radius 2 is 2.03 bits per heavy atom. The number of hydrogen-bond acceptors (Lipinski definition) is 9. The number of carbonyl (C=O) groups excluding carboxylic acids is 1. The minimum absolute atomic E-state index is 0.0832. The number of nitrogens with zero attached hydrogens (tertiary/aromatic N) is 7. The molecule has 0 radical (unpaired) electrons. The van der Waals surface area contributed by atoms with Crippen molar-refractivity contribution < 1.29 is 22.7 Å². The number of aryl methyl sites for hydroxylation is 1. The molecule has 10 nitrogen and oxygen atoms in total. The molecule has 1 N–H and O–H groups in total. The predicted molar refractivity (Wildman–Crippen MR) is 128 cm³/mol. The number of amides is 1. The first-order valence-electron chi connectivity index (χ1n) is 12.0. The van der Waals surface area contributed by atoms with Crippen LogP contribution in [0.3, 0.4) is 0 Å². The van der Waals surface area contributed by atoms with Crippen molar-refractivity contribution in [3.63, 3.8) is 0 Å². The van der Waals surface area contributed by atoms with Gasteiger partial charge in [-0.1, -0.05) is 13.3 Å². The Morgan fingerprint density at radius 3 is 2.78 bits per heavy atom. The molecule has 14 heteroatoms. The third-order valence-corrected chi connectivity index (χ3v) is 7.37. The lowest BCUT2D eigenvalue weighted by Crippen LogP contribution is -2.38. The van der Waals surface area contributed by atoms with Crippen LogP contribution >= 0.6 is 11.3 Å². The topological polar surface area (TPSA) is 101 Å². The van der Waals surface area contributed by atoms with Gasteiger partial charge in [-0.3, -0.25) is 0 Å². The number of nitrogens with one attached hydrogen (secondary N) is 1. The number of carbonyl (C=O) groups is 1. The molecule has 1 unspecified atom stereocenters. The molecule has 36 heavy (non-hydrogen) atoms. The van der Waals surface area contributed by atoms with Crippen LogP contribution in [0.2, 0.25) is 0 Å². The molecule has 2 aliphatic heterocycles. The fraction of sp³-hybridized carbons (Fsp3) is 0.591. The molecular formula is C22H27F3N8O2S. The summed E-state index contributed by atoms with van der Waals surface area (Å²) in [5.41, 5.74) is 0. The Labute approximate surface area is 209 Å². The van der Waals surface area contributed by atoms with Crippen molar-refractivity contribution in [1.82, 2.24) is 30.0 Å². The van der Waals surface area contributed by atoms with Crippen LogP contribution in [0.1, 0.15) is 43.2 Å². The predicted octanol–water partition coefficient (Wildman–Crippen LogP) is 3.60. The highest BCUT2D eigenvalue weighted by atomic mass is 32.1. The highest BCUT2D eigenvalue weighted by Gasteiger charge is 2.40. The van der Waals surface area contributed by atoms with Gasteiger partial charge in [0.15, 0.2) is 5.82 Å². The molecule has 0 aromatic carbocycles. The lowest BCUT2D eigenvalue weighted by molar-refractivity contribution is -0.147. The zero-order valence-corrected chi connectivity index (χ0v) is 20.8. The van der Waals surface area contributed by atoms with Gasteiger partial charge in [0.1, 0.15) is 10.6 Å². The van der Waals surface area contributed by atoms with E-state index < -0.39 is 18.1 Å². The number of halogens is 3. The lowest BCUT2D eigenvalue weighted by atomic mass is 10.2. The second-order valence-electron chi connectivity index (χ2n) is 8.84. The van der Waals surface area contributed by atoms with Gasteiger partial charge in [0.05, 0.1) is 24.6 Å². The van der Waals surface area contributed by atoms with Crippen molar-refractivity contribution >= 4 is 39.4 Å². The van der Waals surface area contributed by atoms with Crippen molar-refractivity contribution in [3.05, 3.63) is 22.6 Å². The fourth-order valence-corrected chi connectivity index (χ4v) is 5.76. The number of alkyl carbamates (subject to hydrolysis) is 1. The van der Waals surface area contributed by atoms with Crippen molar-refractivity contribution in [1.29, 1.82) is 0 Å². The largest absolute Gasteiger partial charge is 0.451 e. The lowest BCUT2D eigenvalue weighted by Gasteiger charge is -2.30. The van der Waals surface area contributed by atoms with E-state index >= 15 is 0 Å². The number of ether oxygens (including phenoxy) is 1. The number of alkyl halides is 3. The molecule has 0 spiro atoms. The summed E-state index contributed by atoms with van der Waals surface area (Å²) in [6, 6.07) is 2.00. The summed E-state index contributed by atoms with van der Waals surface area (Å²) in [5.74, 6) is 0.506. The van der Waals surface area contributed by atoms with E-state index in [1.807, 2.05) is 9.80 Å². The van der Waals surface area contributed by atoms with Crippen LogP contribution in [0.5, 0.6) is 0 Å². The second-order valence-corrected chi connectivity index (χ2v) is 9.95. The highest BCUT2D eigenvalue weighted by molar-refractivity contribution is 7.18. The average molecular weight is 525 g/mol. The summed E-state index contributed by atoms with van der Waals surface area (Å²) >= 11 is 1.61. The van der Waals surface area contributed by atoms with E-state index in [2.05, 4.69) is 28.5 Å². The summed E-state index contributed by atoms with van der Waals surface area (Å²) in [6.45, 7) is 5.99. The molecule has 5 rings (SSSR count). The molecule has 0 aliphatic carbocycles. The van der Waals surface area contributed by atoms with Gasteiger partial charge in [-0.25, -0.2) is 9.78 Å². The van der Waals surface area contributed by atoms with Gasteiger partial charge in [0, 0.05) is 31.1 Å². The summed E-state index contributed by atoms with van der Waals surface area (Å²) in [5, 5.41) is 11.0. The highest BCUT2D eigenvalue weighted by Crippen LogP contribution is 2.36. The van der Waals surface area contributed by atoms with Gasteiger partial charge in [-0.2, -0.15) is 18.2 Å². The van der Waals surface area contributed by atoms with Crippen LogP contribution < -0.4 is 15.1 Å². The van der Waals surface area contributed by atoms with Gasteiger partial charge in [-0.15, -0.1) is 21.5 Å². The summed E-state index contributed by atoms with van der Waals surface area (Å²) < 4.78 is 46.0. The maximum absolute atomic E-state index is 13.3. The molecule has 3 aromatic heterocycles. The van der Waals surface area contributed by atoms with Gasteiger partial charge in [0.25, 0.3) is 0 Å². The standard InChI is InChI=1S/C22H27F3N8O2S/c1-3-5-14-10-15-17(31-8-9-33-16(12-31)29-30-19(33)22(23,24)25)27-20(28-18(15)36-14)32-7-6-13(11-32)26-21(34)35-4-2/h10,13H,3-9,11-12H2,1-2H3,(H,26,34). The number of anilines is 2. The zero-order valence-electron chi connectivity index (χ0n) is 20.0. The monoisotopic (exact) mass is 524 g/mol. The number of rotatable bonds is 6. The summed E-state index contributed by atoms with van der Waals surface area (Å²) in [6.07, 6.45) is -2.36. The third kappa shape index (κ3) is 4.77. The van der Waals surface area contributed by atoms with Gasteiger partial charge >= 0.3 is 12.3 Å². The maximum Gasteiger partial charge on any atom is 0.451 e. The molecule has 2 aliphatic rings. The van der Waals surface area contributed by atoms with Crippen molar-refractivity contribution in [2.24, 2.45) is 0 Å². The first-order chi connectivity index (χ1) is 17.3. The molecule has 1 fully saturated rings. The van der Waals surface area contributed by atoms with E-state index in [1.54, 1.807) is 18.3 Å². The van der Waals surface area contributed by atoms with Crippen LogP contribution in [0.4, 0.5) is 29.7 Å². The Kier molecular flexibility index (Phi) is 6.62. The summed E-state index contributed by atoms with van der Waals surface area (Å²) in [4.78, 5) is 27.5. The average Bonchev–Trinajstić information content (AvgIpc) is 3.55. The van der Waals surface area contributed by atoms with Crippen molar-refractivity contribution in [2.75, 3.05) is 36.0 Å². The molecule has 1 amide bonds.